The summed E-state index contributed by atoms with van der Waals surface area (Å²) in [6.45, 7) is 7.17. The molecule has 1 saturated heterocycles. The van der Waals surface area contributed by atoms with Crippen LogP contribution in [-0.2, 0) is 9.53 Å². The molecule has 0 unspecified atom stereocenters. The molecule has 1 aliphatic heterocycles. The summed E-state index contributed by atoms with van der Waals surface area (Å²) in [6, 6.07) is 16.0. The SMILES string of the molecule is Cc1ccc(-c2nc(S[C@H](C)C(=O)Nc3ccc(N4CCOCC4)cc3)n[nH]2)cc1. The molecule has 1 amide bonds. The van der Waals surface area contributed by atoms with Crippen molar-refractivity contribution in [1.29, 1.82) is 0 Å². The molecule has 30 heavy (non-hydrogen) atoms. The van der Waals surface area contributed by atoms with Crippen molar-refractivity contribution >= 4 is 29.0 Å². The highest BCUT2D eigenvalue weighted by Crippen LogP contribution is 2.24. The number of morpholine rings is 1. The Morgan fingerprint density at radius 3 is 2.53 bits per heavy atom. The summed E-state index contributed by atoms with van der Waals surface area (Å²) in [5.74, 6) is 0.615. The van der Waals surface area contributed by atoms with E-state index in [1.165, 1.54) is 17.3 Å². The second-order valence-electron chi connectivity index (χ2n) is 7.23. The number of aryl methyl sites for hydroxylation is 1. The van der Waals surface area contributed by atoms with Gasteiger partial charge in [-0.3, -0.25) is 9.89 Å². The number of amides is 1. The minimum absolute atomic E-state index is 0.0826. The van der Waals surface area contributed by atoms with E-state index in [-0.39, 0.29) is 11.2 Å². The van der Waals surface area contributed by atoms with Crippen LogP contribution in [0.1, 0.15) is 12.5 Å². The number of carbonyl (C=O) groups is 1. The highest BCUT2D eigenvalue weighted by atomic mass is 32.2. The maximum absolute atomic E-state index is 12.6. The molecule has 2 aromatic carbocycles. The third kappa shape index (κ3) is 5.01. The Kier molecular flexibility index (Phi) is 6.35. The molecule has 1 aliphatic rings. The van der Waals surface area contributed by atoms with Gasteiger partial charge < -0.3 is 15.0 Å². The fourth-order valence-corrected chi connectivity index (χ4v) is 3.90. The van der Waals surface area contributed by atoms with Crippen LogP contribution in [0.25, 0.3) is 11.4 Å². The summed E-state index contributed by atoms with van der Waals surface area (Å²) in [6.07, 6.45) is 0. The molecule has 4 rings (SSSR count). The van der Waals surface area contributed by atoms with E-state index >= 15 is 0 Å². The zero-order chi connectivity index (χ0) is 20.9. The van der Waals surface area contributed by atoms with Crippen LogP contribution >= 0.6 is 11.8 Å². The lowest BCUT2D eigenvalue weighted by molar-refractivity contribution is -0.115. The van der Waals surface area contributed by atoms with Gasteiger partial charge in [0.15, 0.2) is 5.82 Å². The van der Waals surface area contributed by atoms with E-state index in [2.05, 4.69) is 25.4 Å². The second-order valence-corrected chi connectivity index (χ2v) is 8.54. The molecule has 1 aromatic heterocycles. The van der Waals surface area contributed by atoms with E-state index in [0.29, 0.717) is 11.0 Å². The van der Waals surface area contributed by atoms with Crippen molar-refractivity contribution in [3.05, 3.63) is 54.1 Å². The predicted molar refractivity (Wildman–Crippen MR) is 120 cm³/mol. The van der Waals surface area contributed by atoms with Crippen molar-refractivity contribution < 1.29 is 9.53 Å². The van der Waals surface area contributed by atoms with Crippen LogP contribution in [0.2, 0.25) is 0 Å². The molecular formula is C22H25N5O2S. The minimum atomic E-state index is -0.328. The monoisotopic (exact) mass is 423 g/mol. The number of nitrogens with zero attached hydrogens (tertiary/aromatic N) is 3. The number of thioether (sulfide) groups is 1. The maximum Gasteiger partial charge on any atom is 0.237 e. The van der Waals surface area contributed by atoms with Crippen LogP contribution < -0.4 is 10.2 Å². The first kappa shape index (κ1) is 20.4. The lowest BCUT2D eigenvalue weighted by Gasteiger charge is -2.28. The Morgan fingerprint density at radius 2 is 1.83 bits per heavy atom. The van der Waals surface area contributed by atoms with E-state index in [1.807, 2.05) is 62.4 Å². The molecule has 0 radical (unpaired) electrons. The van der Waals surface area contributed by atoms with Crippen LogP contribution in [0.5, 0.6) is 0 Å². The number of ether oxygens (including phenoxy) is 1. The smallest absolute Gasteiger partial charge is 0.237 e. The third-order valence-corrected chi connectivity index (χ3v) is 5.91. The fraction of sp³-hybridized carbons (Fsp3) is 0.318. The molecule has 2 heterocycles. The molecule has 156 valence electrons. The van der Waals surface area contributed by atoms with E-state index < -0.39 is 0 Å². The van der Waals surface area contributed by atoms with Gasteiger partial charge in [-0.25, -0.2) is 4.98 Å². The zero-order valence-electron chi connectivity index (χ0n) is 17.1. The lowest BCUT2D eigenvalue weighted by atomic mass is 10.1. The van der Waals surface area contributed by atoms with Gasteiger partial charge in [0, 0.05) is 30.0 Å². The number of hydrogen-bond acceptors (Lipinski definition) is 6. The largest absolute Gasteiger partial charge is 0.378 e. The number of aromatic amines is 1. The lowest BCUT2D eigenvalue weighted by Crippen LogP contribution is -2.36. The molecule has 0 spiro atoms. The molecular weight excluding hydrogens is 398 g/mol. The van der Waals surface area contributed by atoms with Gasteiger partial charge in [-0.1, -0.05) is 41.6 Å². The minimum Gasteiger partial charge on any atom is -0.378 e. The quantitative estimate of drug-likeness (QED) is 0.588. The third-order valence-electron chi connectivity index (χ3n) is 4.95. The van der Waals surface area contributed by atoms with Gasteiger partial charge in [0.25, 0.3) is 0 Å². The number of nitrogens with one attached hydrogen (secondary N) is 2. The van der Waals surface area contributed by atoms with Gasteiger partial charge in [0.1, 0.15) is 0 Å². The Labute approximate surface area is 180 Å². The average molecular weight is 424 g/mol. The molecule has 0 aliphatic carbocycles. The molecule has 1 fully saturated rings. The first-order valence-electron chi connectivity index (χ1n) is 9.98. The molecule has 7 nitrogen and oxygen atoms in total. The number of anilines is 2. The number of hydrogen-bond donors (Lipinski definition) is 2. The Morgan fingerprint density at radius 1 is 1.13 bits per heavy atom. The standard InChI is InChI=1S/C22H25N5O2S/c1-15-3-5-17(6-4-15)20-24-22(26-25-20)30-16(2)21(28)23-18-7-9-19(10-8-18)27-11-13-29-14-12-27/h3-10,16H,11-14H2,1-2H3,(H,23,28)(H,24,25,26)/t16-/m1/s1. The predicted octanol–water partition coefficient (Wildman–Crippen LogP) is 3.74. The second kappa shape index (κ2) is 9.32. The summed E-state index contributed by atoms with van der Waals surface area (Å²) in [5, 5.41) is 10.4. The van der Waals surface area contributed by atoms with Crippen LogP contribution in [-0.4, -0.2) is 52.6 Å². The molecule has 0 bridgehead atoms. The van der Waals surface area contributed by atoms with Gasteiger partial charge in [-0.05, 0) is 38.1 Å². The van der Waals surface area contributed by atoms with Crippen LogP contribution in [0, 0.1) is 6.92 Å². The summed E-state index contributed by atoms with van der Waals surface area (Å²) in [7, 11) is 0. The maximum atomic E-state index is 12.6. The molecule has 8 heteroatoms. The molecule has 2 N–H and O–H groups in total. The topological polar surface area (TPSA) is 83.1 Å². The zero-order valence-corrected chi connectivity index (χ0v) is 17.9. The first-order chi connectivity index (χ1) is 14.6. The van der Waals surface area contributed by atoms with E-state index in [4.69, 9.17) is 4.74 Å². The Balaban J connectivity index is 1.33. The Hall–Kier alpha value is -2.84. The highest BCUT2D eigenvalue weighted by molar-refractivity contribution is 8.00. The summed E-state index contributed by atoms with van der Waals surface area (Å²) in [4.78, 5) is 19.4. The van der Waals surface area contributed by atoms with Crippen LogP contribution in [0.15, 0.2) is 53.7 Å². The van der Waals surface area contributed by atoms with E-state index in [0.717, 1.165) is 43.2 Å². The molecule has 3 aromatic rings. The van der Waals surface area contributed by atoms with Crippen molar-refractivity contribution in [2.24, 2.45) is 0 Å². The number of benzene rings is 2. The number of carbonyl (C=O) groups excluding carboxylic acids is 1. The van der Waals surface area contributed by atoms with Gasteiger partial charge in [-0.15, -0.1) is 5.10 Å². The number of H-pyrrole nitrogens is 1. The van der Waals surface area contributed by atoms with Crippen LogP contribution in [0.4, 0.5) is 11.4 Å². The van der Waals surface area contributed by atoms with Crippen molar-refractivity contribution in [3.63, 3.8) is 0 Å². The van der Waals surface area contributed by atoms with Crippen molar-refractivity contribution in [3.8, 4) is 11.4 Å². The average Bonchev–Trinajstić information content (AvgIpc) is 3.24. The highest BCUT2D eigenvalue weighted by Gasteiger charge is 2.18. The van der Waals surface area contributed by atoms with Gasteiger partial charge in [0.05, 0.1) is 18.5 Å². The fourth-order valence-electron chi connectivity index (χ4n) is 3.17. The normalized spacial score (nSPS) is 15.1. The van der Waals surface area contributed by atoms with Gasteiger partial charge in [0.2, 0.25) is 11.1 Å². The summed E-state index contributed by atoms with van der Waals surface area (Å²) < 4.78 is 5.39. The first-order valence-corrected chi connectivity index (χ1v) is 10.9. The molecule has 1 atom stereocenters. The van der Waals surface area contributed by atoms with E-state index in [1.54, 1.807) is 0 Å². The van der Waals surface area contributed by atoms with Gasteiger partial charge >= 0.3 is 0 Å². The van der Waals surface area contributed by atoms with Crippen molar-refractivity contribution in [1.82, 2.24) is 15.2 Å². The number of aromatic nitrogens is 3. The van der Waals surface area contributed by atoms with Crippen LogP contribution in [0.3, 0.4) is 0 Å². The van der Waals surface area contributed by atoms with E-state index in [9.17, 15) is 4.79 Å². The van der Waals surface area contributed by atoms with Gasteiger partial charge in [-0.2, -0.15) is 0 Å². The van der Waals surface area contributed by atoms with Crippen molar-refractivity contribution in [2.45, 2.75) is 24.3 Å². The number of rotatable bonds is 6. The molecule has 0 saturated carbocycles. The summed E-state index contributed by atoms with van der Waals surface area (Å²) in [5.41, 5.74) is 4.08. The summed E-state index contributed by atoms with van der Waals surface area (Å²) >= 11 is 1.33. The van der Waals surface area contributed by atoms with Crippen molar-refractivity contribution in [2.75, 3.05) is 36.5 Å². The Bertz CT molecular complexity index is 982.